The van der Waals surface area contributed by atoms with Crippen LogP contribution in [0.2, 0.25) is 0 Å². The lowest BCUT2D eigenvalue weighted by Gasteiger charge is -2.52. The second-order valence-electron chi connectivity index (χ2n) is 30.8. The molecule has 0 saturated carbocycles. The fourth-order valence-corrected chi connectivity index (χ4v) is 17.7. The van der Waals surface area contributed by atoms with Crippen molar-refractivity contribution in [1.29, 1.82) is 0 Å². The van der Waals surface area contributed by atoms with Gasteiger partial charge in [-0.1, -0.05) is 76.4 Å². The summed E-state index contributed by atoms with van der Waals surface area (Å²) in [6, 6.07) is 0. The predicted octanol–water partition coefficient (Wildman–Crippen LogP) is 5.86. The highest BCUT2D eigenvalue weighted by molar-refractivity contribution is 5.05. The van der Waals surface area contributed by atoms with Crippen LogP contribution in [0.5, 0.6) is 0 Å². The molecule has 21 aliphatic rings. The number of rotatable bonds is 48. The molecule has 14 bridgehead atoms. The first-order valence-electron chi connectivity index (χ1n) is 42.1. The standard InChI is InChI=1S/C83H148O35/c1-22-24-26-28-30-32-34-36-38-40-103-47-54-61-68(94-13)76(102-21)83(111-54)116-60-53(46-88-7)109-81(74(100-19)67(60)93-12)118-62-55(48-104-41-39-37-35-33-31-29-27-25-23-2)110-82(75(101-20)69(62)95-14)115-59-52(45-87-6)107-79(72(98-17)66(59)92-11)113-57-50(43-85-4)105-77(70(96-15)64(57)90-9)112-56-49(42-84-3)106-78(71(97-16)63(56)89-8)114-58-51(44-86-5)108-80(117-61)73(99-18)65(58)91-10/h22-23,49-83H,1-2,24-48H2,3-21H3/t49-,50-,51-,52-,53-,54-,55-,56-,57-,58-,59-,60-,61-,62-,63+,64+,65+,66+,67+,68+,69+,70-,71-,72-,73-,74-,75-,76-,77-,78-,79-,80-,81-,82-,83-/m1/s1. The largest absolute Gasteiger partial charge is 0.382 e. The zero-order valence-corrected chi connectivity index (χ0v) is 73.7. The molecule has 35 nitrogen and oxygen atoms in total. The maximum absolute atomic E-state index is 7.29. The third-order valence-corrected chi connectivity index (χ3v) is 23.6. The highest BCUT2D eigenvalue weighted by atomic mass is 16.8. The van der Waals surface area contributed by atoms with Gasteiger partial charge in [0.25, 0.3) is 0 Å². The van der Waals surface area contributed by atoms with E-state index < -0.39 is 215 Å². The molecule has 21 fully saturated rings. The lowest BCUT2D eigenvalue weighted by atomic mass is 9.94. The second kappa shape index (κ2) is 55.0. The fraction of sp³-hybridized carbons (Fsp3) is 0.952. The van der Waals surface area contributed by atoms with Crippen LogP contribution in [-0.2, 0) is 166 Å². The molecule has 0 amide bonds. The number of ether oxygens (including phenoxy) is 35. The van der Waals surface area contributed by atoms with Gasteiger partial charge in [-0.3, -0.25) is 0 Å². The van der Waals surface area contributed by atoms with E-state index in [2.05, 4.69) is 13.2 Å². The first-order chi connectivity index (χ1) is 57.7. The summed E-state index contributed by atoms with van der Waals surface area (Å²) in [4.78, 5) is 0. The van der Waals surface area contributed by atoms with Crippen LogP contribution < -0.4 is 0 Å². The van der Waals surface area contributed by atoms with Gasteiger partial charge in [0.15, 0.2) is 44.0 Å². The summed E-state index contributed by atoms with van der Waals surface area (Å²) >= 11 is 0. The second-order valence-corrected chi connectivity index (χ2v) is 30.8. The Labute approximate surface area is 700 Å². The van der Waals surface area contributed by atoms with E-state index >= 15 is 0 Å². The Hall–Kier alpha value is -1.92. The number of methoxy groups -OCH3 is 19. The molecule has 118 heavy (non-hydrogen) atoms. The van der Waals surface area contributed by atoms with Crippen molar-refractivity contribution >= 4 is 0 Å². The van der Waals surface area contributed by atoms with Crippen LogP contribution in [0.15, 0.2) is 25.3 Å². The van der Waals surface area contributed by atoms with Gasteiger partial charge in [0.1, 0.15) is 171 Å². The molecule has 35 heteroatoms. The number of allylic oxidation sites excluding steroid dienone is 2. The van der Waals surface area contributed by atoms with Crippen molar-refractivity contribution in [3.8, 4) is 0 Å². The molecule has 690 valence electrons. The minimum Gasteiger partial charge on any atom is -0.382 e. The average molecular weight is 1710 g/mol. The van der Waals surface area contributed by atoms with Crippen LogP contribution in [0.3, 0.4) is 0 Å². The topological polar surface area (TPSA) is 323 Å². The third-order valence-electron chi connectivity index (χ3n) is 23.6. The monoisotopic (exact) mass is 1700 g/mol. The summed E-state index contributed by atoms with van der Waals surface area (Å²) in [5, 5.41) is 0. The Bertz CT molecular complexity index is 2590. The number of unbranched alkanes of at least 4 members (excludes halogenated alkanes) is 14. The van der Waals surface area contributed by atoms with Gasteiger partial charge in [-0.15, -0.1) is 13.2 Å². The molecule has 21 aliphatic heterocycles. The first-order valence-corrected chi connectivity index (χ1v) is 42.1. The highest BCUT2D eigenvalue weighted by Crippen LogP contribution is 2.44. The molecule has 0 aromatic rings. The zero-order valence-electron chi connectivity index (χ0n) is 73.7. The zero-order chi connectivity index (χ0) is 85.0. The van der Waals surface area contributed by atoms with Crippen molar-refractivity contribution in [1.82, 2.24) is 0 Å². The average Bonchev–Trinajstić information content (AvgIpc) is 0.768. The van der Waals surface area contributed by atoms with Crippen molar-refractivity contribution in [3.63, 3.8) is 0 Å². The maximum atomic E-state index is 7.29. The van der Waals surface area contributed by atoms with Crippen LogP contribution >= 0.6 is 0 Å². The van der Waals surface area contributed by atoms with E-state index in [9.17, 15) is 0 Å². The van der Waals surface area contributed by atoms with E-state index in [1.165, 1.54) is 92.4 Å². The Morgan fingerprint density at radius 1 is 0.186 bits per heavy atom. The van der Waals surface area contributed by atoms with Crippen LogP contribution in [0.1, 0.15) is 103 Å². The minimum atomic E-state index is -1.24. The Morgan fingerprint density at radius 2 is 0.339 bits per heavy atom. The summed E-state index contributed by atoms with van der Waals surface area (Å²) in [5.74, 6) is 0. The SMILES string of the molecule is C=CCCCCCCCCCOC[C@H]1O[C@@H]2O[C@H]3[C@H](OC)[C@@H](OC)[C@@H](O[C@H]4[C@H](OC)[C@@H](OC)[C@@H](O[C@H]5[C@H](OC)[C@@H](OC)[C@@H](O[C@H]6[C@H](OC)[C@@H](OC)[C@@H](O[C@H]7[C@H](OC)[C@@H](OC)[C@@H](O[C@H]8[C@H](OC)[C@@H](OC)[C@@H](O[C@H]1[C@H](OC)[C@H]2OC)O[C@@H]8COC)O[C@@H]7COCCCCCCCCCC=C)O[C@@H]6COC)O[C@@H]5COC)O[C@@H]4COC)O[C@@H]3COC. The maximum Gasteiger partial charge on any atom is 0.187 e. The van der Waals surface area contributed by atoms with Gasteiger partial charge in [0.2, 0.25) is 0 Å². The summed E-state index contributed by atoms with van der Waals surface area (Å²) in [5.41, 5.74) is 0. The van der Waals surface area contributed by atoms with Gasteiger partial charge in [0, 0.05) is 148 Å². The summed E-state index contributed by atoms with van der Waals surface area (Å²) in [7, 11) is 29.2. The fourth-order valence-electron chi connectivity index (χ4n) is 17.7. The normalized spacial score (nSPS) is 40.2. The van der Waals surface area contributed by atoms with Crippen LogP contribution in [0, 0.1) is 0 Å². The van der Waals surface area contributed by atoms with Crippen molar-refractivity contribution in [3.05, 3.63) is 25.3 Å². The van der Waals surface area contributed by atoms with Crippen LogP contribution in [0.25, 0.3) is 0 Å². The van der Waals surface area contributed by atoms with Gasteiger partial charge < -0.3 is 166 Å². The summed E-state index contributed by atoms with van der Waals surface area (Å²) in [6.07, 6.45) is -15.6. The van der Waals surface area contributed by atoms with Crippen LogP contribution in [0.4, 0.5) is 0 Å². The molecular weight excluding hydrogens is 1560 g/mol. The van der Waals surface area contributed by atoms with Crippen molar-refractivity contribution < 1.29 is 166 Å². The lowest BCUT2D eigenvalue weighted by molar-refractivity contribution is -0.403. The molecule has 0 aromatic heterocycles. The van der Waals surface area contributed by atoms with E-state index in [0.29, 0.717) is 13.2 Å². The smallest absolute Gasteiger partial charge is 0.187 e. The van der Waals surface area contributed by atoms with Gasteiger partial charge in [0.05, 0.1) is 46.2 Å². The van der Waals surface area contributed by atoms with E-state index in [1.54, 1.807) is 42.7 Å². The molecule has 0 unspecified atom stereocenters. The Morgan fingerprint density at radius 3 is 0.492 bits per heavy atom. The van der Waals surface area contributed by atoms with E-state index in [4.69, 9.17) is 166 Å². The molecule has 0 N–H and O–H groups in total. The number of hydrogen-bond acceptors (Lipinski definition) is 35. The highest BCUT2D eigenvalue weighted by Gasteiger charge is 2.62. The van der Waals surface area contributed by atoms with E-state index in [0.717, 1.165) is 103 Å². The quantitative estimate of drug-likeness (QED) is 0.0508. The van der Waals surface area contributed by atoms with E-state index in [-0.39, 0.29) is 46.2 Å². The predicted molar refractivity (Wildman–Crippen MR) is 421 cm³/mol. The molecule has 21 rings (SSSR count). The van der Waals surface area contributed by atoms with Gasteiger partial charge in [-0.05, 0) is 38.5 Å². The summed E-state index contributed by atoms with van der Waals surface area (Å²) in [6.45, 7) is 8.39. The van der Waals surface area contributed by atoms with Gasteiger partial charge >= 0.3 is 0 Å². The van der Waals surface area contributed by atoms with Crippen LogP contribution in [-0.4, -0.2) is 409 Å². The third kappa shape index (κ3) is 26.4. The van der Waals surface area contributed by atoms with Crippen molar-refractivity contribution in [2.45, 2.75) is 318 Å². The first kappa shape index (κ1) is 101. The van der Waals surface area contributed by atoms with Crippen molar-refractivity contribution in [2.24, 2.45) is 0 Å². The lowest BCUT2D eigenvalue weighted by Crippen LogP contribution is -2.69. The number of hydrogen-bond donors (Lipinski definition) is 0. The van der Waals surface area contributed by atoms with Gasteiger partial charge in [-0.2, -0.15) is 0 Å². The molecular formula is C83H148O35. The molecule has 0 spiro atoms. The molecule has 21 heterocycles. The molecule has 0 aliphatic carbocycles. The van der Waals surface area contributed by atoms with E-state index in [1.807, 2.05) is 12.2 Å². The Balaban J connectivity index is 1.23. The molecule has 0 radical (unpaired) electrons. The molecule has 0 aromatic carbocycles. The summed E-state index contributed by atoms with van der Waals surface area (Å²) < 4.78 is 233. The van der Waals surface area contributed by atoms with Crippen molar-refractivity contribution in [2.75, 3.05) is 195 Å². The Kier molecular flexibility index (Phi) is 47.3. The molecule has 21 saturated heterocycles. The van der Waals surface area contributed by atoms with Gasteiger partial charge in [-0.25, -0.2) is 0 Å². The minimum absolute atomic E-state index is 0.00406. The molecule has 35 atom stereocenters.